The molecule has 25 heavy (non-hydrogen) atoms. The maximum absolute atomic E-state index is 12.7. The molecule has 0 N–H and O–H groups in total. The molecule has 0 bridgehead atoms. The average Bonchev–Trinajstić information content (AvgIpc) is 2.61. The topological polar surface area (TPSA) is 46.1 Å². The van der Waals surface area contributed by atoms with Gasteiger partial charge in [0.1, 0.15) is 10.9 Å². The van der Waals surface area contributed by atoms with E-state index in [1.165, 1.54) is 11.8 Å². The van der Waals surface area contributed by atoms with Gasteiger partial charge in [0, 0.05) is 19.0 Å². The third-order valence-electron chi connectivity index (χ3n) is 3.96. The van der Waals surface area contributed by atoms with Crippen molar-refractivity contribution >= 4 is 28.6 Å². The molecule has 1 amide bonds. The van der Waals surface area contributed by atoms with Crippen molar-refractivity contribution in [3.63, 3.8) is 0 Å². The Hall–Kier alpha value is -2.40. The molecule has 4 nitrogen and oxygen atoms in total. The highest BCUT2D eigenvalue weighted by Crippen LogP contribution is 2.29. The zero-order valence-corrected chi connectivity index (χ0v) is 15.5. The van der Waals surface area contributed by atoms with E-state index < -0.39 is 0 Å². The van der Waals surface area contributed by atoms with Crippen LogP contribution in [0, 0.1) is 6.92 Å². The summed E-state index contributed by atoms with van der Waals surface area (Å²) < 4.78 is 0. The van der Waals surface area contributed by atoms with Gasteiger partial charge in [0.05, 0.1) is 10.8 Å². The van der Waals surface area contributed by atoms with Crippen LogP contribution in [0.4, 0.5) is 0 Å². The summed E-state index contributed by atoms with van der Waals surface area (Å²) in [5.41, 5.74) is 2.04. The fourth-order valence-electron chi connectivity index (χ4n) is 2.71. The van der Waals surface area contributed by atoms with Gasteiger partial charge < -0.3 is 4.90 Å². The number of fused-ring (bicyclic) bond motifs is 1. The van der Waals surface area contributed by atoms with Gasteiger partial charge in [0.15, 0.2) is 0 Å². The van der Waals surface area contributed by atoms with Gasteiger partial charge in [-0.1, -0.05) is 60.3 Å². The Morgan fingerprint density at radius 1 is 1.08 bits per heavy atom. The molecule has 0 spiro atoms. The maximum atomic E-state index is 12.7. The minimum absolute atomic E-state index is 0.0919. The molecule has 0 radical (unpaired) electrons. The van der Waals surface area contributed by atoms with Crippen molar-refractivity contribution in [3.05, 3.63) is 66.0 Å². The highest BCUT2D eigenvalue weighted by atomic mass is 32.2. The zero-order valence-electron chi connectivity index (χ0n) is 14.6. The zero-order chi connectivity index (χ0) is 17.8. The molecule has 3 aromatic rings. The number of carbonyl (C=O) groups excluding carboxylic acids is 1. The monoisotopic (exact) mass is 351 g/mol. The molecule has 0 saturated carbocycles. The van der Waals surface area contributed by atoms with Gasteiger partial charge in [-0.05, 0) is 25.5 Å². The first-order valence-corrected chi connectivity index (χ1v) is 9.11. The van der Waals surface area contributed by atoms with Crippen molar-refractivity contribution in [3.8, 4) is 0 Å². The number of benzene rings is 2. The fraction of sp³-hybridized carbons (Fsp3) is 0.250. The molecular weight excluding hydrogens is 330 g/mol. The summed E-state index contributed by atoms with van der Waals surface area (Å²) in [5.74, 6) is 0.813. The molecule has 2 aromatic carbocycles. The van der Waals surface area contributed by atoms with Crippen LogP contribution in [0.5, 0.6) is 0 Å². The largest absolute Gasteiger partial charge is 0.340 e. The number of aryl methyl sites for hydroxylation is 1. The van der Waals surface area contributed by atoms with Crippen LogP contribution in [0.3, 0.4) is 0 Å². The summed E-state index contributed by atoms with van der Waals surface area (Å²) >= 11 is 1.49. The van der Waals surface area contributed by atoms with Crippen LogP contribution in [-0.2, 0) is 11.3 Å². The lowest BCUT2D eigenvalue weighted by molar-refractivity contribution is -0.129. The van der Waals surface area contributed by atoms with Gasteiger partial charge in [-0.2, -0.15) is 0 Å². The molecule has 1 heterocycles. The number of carbonyl (C=O) groups is 1. The number of aromatic nitrogens is 2. The SMILES string of the molecule is Cc1nc(S[C@H](C)C(=O)N(C)Cc2ccccc2)c2ccccc2n1. The van der Waals surface area contributed by atoms with Crippen molar-refractivity contribution in [1.82, 2.24) is 14.9 Å². The van der Waals surface area contributed by atoms with Crippen LogP contribution in [0.15, 0.2) is 59.6 Å². The molecule has 0 fully saturated rings. The number of nitrogens with zero attached hydrogens (tertiary/aromatic N) is 3. The van der Waals surface area contributed by atoms with E-state index in [1.54, 1.807) is 4.90 Å². The van der Waals surface area contributed by atoms with Crippen LogP contribution in [0.1, 0.15) is 18.3 Å². The second-order valence-corrected chi connectivity index (χ2v) is 7.36. The van der Waals surface area contributed by atoms with Gasteiger partial charge in [-0.15, -0.1) is 0 Å². The maximum Gasteiger partial charge on any atom is 0.235 e. The molecule has 0 aliphatic carbocycles. The van der Waals surface area contributed by atoms with E-state index in [1.807, 2.05) is 75.5 Å². The molecule has 3 rings (SSSR count). The minimum Gasteiger partial charge on any atom is -0.340 e. The molecule has 0 saturated heterocycles. The summed E-state index contributed by atoms with van der Waals surface area (Å²) in [4.78, 5) is 23.5. The summed E-state index contributed by atoms with van der Waals surface area (Å²) in [7, 11) is 1.84. The van der Waals surface area contributed by atoms with E-state index in [2.05, 4.69) is 9.97 Å². The summed E-state index contributed by atoms with van der Waals surface area (Å²) in [6.07, 6.45) is 0. The van der Waals surface area contributed by atoms with E-state index in [9.17, 15) is 4.79 Å². The van der Waals surface area contributed by atoms with Crippen LogP contribution >= 0.6 is 11.8 Å². The first-order chi connectivity index (χ1) is 12.0. The lowest BCUT2D eigenvalue weighted by atomic mass is 10.2. The molecule has 0 aliphatic rings. The van der Waals surface area contributed by atoms with Crippen molar-refractivity contribution < 1.29 is 4.79 Å². The van der Waals surface area contributed by atoms with Crippen LogP contribution in [0.25, 0.3) is 10.9 Å². The fourth-order valence-corrected chi connectivity index (χ4v) is 3.81. The highest BCUT2D eigenvalue weighted by molar-refractivity contribution is 8.00. The summed E-state index contributed by atoms with van der Waals surface area (Å²) in [6, 6.07) is 17.9. The number of hydrogen-bond acceptors (Lipinski definition) is 4. The van der Waals surface area contributed by atoms with Gasteiger partial charge in [0.2, 0.25) is 5.91 Å². The predicted octanol–water partition coefficient (Wildman–Crippen LogP) is 4.08. The molecule has 0 aliphatic heterocycles. The highest BCUT2D eigenvalue weighted by Gasteiger charge is 2.20. The van der Waals surface area contributed by atoms with E-state index in [4.69, 9.17) is 0 Å². The van der Waals surface area contributed by atoms with E-state index in [-0.39, 0.29) is 11.2 Å². The Morgan fingerprint density at radius 2 is 1.76 bits per heavy atom. The number of rotatable bonds is 5. The number of amides is 1. The molecule has 0 unspecified atom stereocenters. The Labute approximate surface area is 152 Å². The first kappa shape index (κ1) is 17.4. The second-order valence-electron chi connectivity index (χ2n) is 6.03. The first-order valence-electron chi connectivity index (χ1n) is 8.23. The molecular formula is C20H21N3OS. The summed E-state index contributed by atoms with van der Waals surface area (Å²) in [6.45, 7) is 4.42. The Morgan fingerprint density at radius 3 is 2.52 bits per heavy atom. The second kappa shape index (κ2) is 7.66. The van der Waals surface area contributed by atoms with Crippen molar-refractivity contribution in [1.29, 1.82) is 0 Å². The van der Waals surface area contributed by atoms with E-state index in [0.29, 0.717) is 6.54 Å². The molecule has 5 heteroatoms. The predicted molar refractivity (Wildman–Crippen MR) is 103 cm³/mol. The quantitative estimate of drug-likeness (QED) is 0.513. The van der Waals surface area contributed by atoms with Crippen LogP contribution in [-0.4, -0.2) is 33.1 Å². The standard InChI is InChI=1S/C20H21N3OS/c1-14(20(24)23(3)13-16-9-5-4-6-10-16)25-19-17-11-7-8-12-18(17)21-15(2)22-19/h4-12,14H,13H2,1-3H3/t14-/m1/s1. The van der Waals surface area contributed by atoms with Gasteiger partial charge >= 0.3 is 0 Å². The van der Waals surface area contributed by atoms with Crippen LogP contribution in [0.2, 0.25) is 0 Å². The summed E-state index contributed by atoms with van der Waals surface area (Å²) in [5, 5.41) is 1.63. The third kappa shape index (κ3) is 4.17. The average molecular weight is 351 g/mol. The molecule has 1 atom stereocenters. The van der Waals surface area contributed by atoms with Crippen molar-refractivity contribution in [2.24, 2.45) is 0 Å². The van der Waals surface area contributed by atoms with Crippen LogP contribution < -0.4 is 0 Å². The number of hydrogen-bond donors (Lipinski definition) is 0. The van der Waals surface area contributed by atoms with Crippen molar-refractivity contribution in [2.45, 2.75) is 30.7 Å². The van der Waals surface area contributed by atoms with Gasteiger partial charge in [0.25, 0.3) is 0 Å². The van der Waals surface area contributed by atoms with E-state index in [0.717, 1.165) is 27.3 Å². The Kier molecular flexibility index (Phi) is 5.34. The lowest BCUT2D eigenvalue weighted by Gasteiger charge is -2.21. The van der Waals surface area contributed by atoms with Crippen molar-refractivity contribution in [2.75, 3.05) is 7.05 Å². The van der Waals surface area contributed by atoms with Gasteiger partial charge in [-0.25, -0.2) is 9.97 Å². The molecule has 128 valence electrons. The minimum atomic E-state index is -0.216. The number of para-hydroxylation sites is 1. The van der Waals surface area contributed by atoms with Gasteiger partial charge in [-0.3, -0.25) is 4.79 Å². The lowest BCUT2D eigenvalue weighted by Crippen LogP contribution is -2.32. The Balaban J connectivity index is 1.75. The van der Waals surface area contributed by atoms with E-state index >= 15 is 0 Å². The third-order valence-corrected chi connectivity index (χ3v) is 5.04. The number of thioether (sulfide) groups is 1. The normalized spacial score (nSPS) is 12.1. The Bertz CT molecular complexity index is 883. The smallest absolute Gasteiger partial charge is 0.235 e. The molecule has 1 aromatic heterocycles.